The number of aromatic nitrogens is 4. The Morgan fingerprint density at radius 1 is 1.04 bits per heavy atom. The van der Waals surface area contributed by atoms with E-state index < -0.39 is 0 Å². The van der Waals surface area contributed by atoms with Crippen molar-refractivity contribution in [2.75, 3.05) is 11.9 Å². The molecule has 0 aliphatic carbocycles. The number of rotatable bonds is 7. The molecule has 0 spiro atoms. The van der Waals surface area contributed by atoms with Gasteiger partial charge in [-0.25, -0.2) is 9.97 Å². The molecule has 0 amide bonds. The van der Waals surface area contributed by atoms with Gasteiger partial charge in [0.2, 0.25) is 0 Å². The van der Waals surface area contributed by atoms with Gasteiger partial charge in [0.1, 0.15) is 10.8 Å². The monoisotopic (exact) mass is 377 g/mol. The summed E-state index contributed by atoms with van der Waals surface area (Å²) in [6.07, 6.45) is 5.21. The van der Waals surface area contributed by atoms with Crippen LogP contribution in [0.15, 0.2) is 64.8 Å². The predicted octanol–water partition coefficient (Wildman–Crippen LogP) is 4.01. The highest BCUT2D eigenvalue weighted by atomic mass is 32.1. The smallest absolute Gasteiger partial charge is 0.259 e. The van der Waals surface area contributed by atoms with E-state index in [1.807, 2.05) is 49.0 Å². The second-order valence-electron chi connectivity index (χ2n) is 6.19. The molecule has 0 unspecified atom stereocenters. The van der Waals surface area contributed by atoms with E-state index in [1.54, 1.807) is 17.5 Å². The fourth-order valence-corrected chi connectivity index (χ4v) is 3.40. The third kappa shape index (κ3) is 4.38. The summed E-state index contributed by atoms with van der Waals surface area (Å²) in [4.78, 5) is 15.4. The Morgan fingerprint density at radius 3 is 2.67 bits per heavy atom. The van der Waals surface area contributed by atoms with Crippen molar-refractivity contribution >= 4 is 17.2 Å². The van der Waals surface area contributed by atoms with Crippen LogP contribution in [0.4, 0.5) is 5.82 Å². The van der Waals surface area contributed by atoms with Crippen LogP contribution in [0.25, 0.3) is 11.5 Å². The number of nitrogens with zero attached hydrogens (tertiary/aromatic N) is 5. The van der Waals surface area contributed by atoms with Crippen LogP contribution in [0, 0.1) is 0 Å². The molecule has 6 nitrogen and oxygen atoms in total. The lowest BCUT2D eigenvalue weighted by atomic mass is 10.1. The lowest BCUT2D eigenvalue weighted by Crippen LogP contribution is -2.17. The number of hydrogen-bond donors (Lipinski definition) is 0. The standard InChI is InChI=1S/C20H19N5OS/c1-25(14-19-21-11-12-27-19)18-10-8-16(13-22-18)20-23-17(24-26-20)9-7-15-5-3-2-4-6-15/h2-6,8,10-13H,7,9,14H2,1H3. The van der Waals surface area contributed by atoms with Crippen LogP contribution in [0.5, 0.6) is 0 Å². The molecule has 4 aromatic rings. The highest BCUT2D eigenvalue weighted by molar-refractivity contribution is 7.09. The van der Waals surface area contributed by atoms with Gasteiger partial charge in [0.25, 0.3) is 5.89 Å². The van der Waals surface area contributed by atoms with Crippen LogP contribution in [-0.4, -0.2) is 27.2 Å². The molecule has 4 rings (SSSR count). The SMILES string of the molecule is CN(Cc1nccs1)c1ccc(-c2nc(CCc3ccccc3)no2)cn1. The highest BCUT2D eigenvalue weighted by Gasteiger charge is 2.11. The van der Waals surface area contributed by atoms with E-state index >= 15 is 0 Å². The maximum atomic E-state index is 5.40. The van der Waals surface area contributed by atoms with Crippen LogP contribution in [0.2, 0.25) is 0 Å². The minimum absolute atomic E-state index is 0.500. The number of anilines is 1. The molecule has 3 heterocycles. The molecular formula is C20H19N5OS. The highest BCUT2D eigenvalue weighted by Crippen LogP contribution is 2.20. The van der Waals surface area contributed by atoms with Gasteiger partial charge >= 0.3 is 0 Å². The Balaban J connectivity index is 1.39. The molecule has 0 fully saturated rings. The molecule has 136 valence electrons. The number of pyridine rings is 1. The van der Waals surface area contributed by atoms with E-state index in [2.05, 4.69) is 37.1 Å². The van der Waals surface area contributed by atoms with E-state index in [0.717, 1.165) is 35.8 Å². The van der Waals surface area contributed by atoms with Gasteiger partial charge < -0.3 is 9.42 Å². The molecule has 1 aromatic carbocycles. The van der Waals surface area contributed by atoms with Gasteiger partial charge in [-0.1, -0.05) is 35.5 Å². The molecule has 0 aliphatic heterocycles. The largest absolute Gasteiger partial charge is 0.353 e. The zero-order valence-electron chi connectivity index (χ0n) is 14.9. The maximum Gasteiger partial charge on any atom is 0.259 e. The first kappa shape index (κ1) is 17.4. The van der Waals surface area contributed by atoms with Crippen LogP contribution < -0.4 is 4.90 Å². The zero-order valence-corrected chi connectivity index (χ0v) is 15.8. The van der Waals surface area contributed by atoms with Gasteiger partial charge in [-0.3, -0.25) is 0 Å². The van der Waals surface area contributed by atoms with Crippen molar-refractivity contribution in [1.82, 2.24) is 20.1 Å². The number of benzene rings is 1. The summed E-state index contributed by atoms with van der Waals surface area (Å²) >= 11 is 1.64. The van der Waals surface area contributed by atoms with Crippen LogP contribution in [-0.2, 0) is 19.4 Å². The minimum Gasteiger partial charge on any atom is -0.353 e. The first-order valence-corrected chi connectivity index (χ1v) is 9.58. The summed E-state index contributed by atoms with van der Waals surface area (Å²) in [5, 5.41) is 7.12. The van der Waals surface area contributed by atoms with Crippen molar-refractivity contribution in [3.8, 4) is 11.5 Å². The van der Waals surface area contributed by atoms with Crippen molar-refractivity contribution in [3.63, 3.8) is 0 Å². The Morgan fingerprint density at radius 2 is 1.93 bits per heavy atom. The van der Waals surface area contributed by atoms with Crippen molar-refractivity contribution < 1.29 is 4.52 Å². The number of thiazole rings is 1. The molecule has 27 heavy (non-hydrogen) atoms. The Bertz CT molecular complexity index is 967. The maximum absolute atomic E-state index is 5.40. The van der Waals surface area contributed by atoms with Gasteiger partial charge in [-0.15, -0.1) is 11.3 Å². The Kier molecular flexibility index (Phi) is 5.20. The molecule has 0 N–H and O–H groups in total. The van der Waals surface area contributed by atoms with Gasteiger partial charge in [-0.05, 0) is 24.1 Å². The second-order valence-corrected chi connectivity index (χ2v) is 7.17. The average Bonchev–Trinajstić information content (AvgIpc) is 3.39. The van der Waals surface area contributed by atoms with Crippen molar-refractivity contribution in [2.45, 2.75) is 19.4 Å². The summed E-state index contributed by atoms with van der Waals surface area (Å²) in [5.74, 6) is 2.08. The Labute approximate surface area is 161 Å². The molecule has 0 radical (unpaired) electrons. The molecule has 0 bridgehead atoms. The fourth-order valence-electron chi connectivity index (χ4n) is 2.73. The topological polar surface area (TPSA) is 67.9 Å². The normalized spacial score (nSPS) is 10.9. The van der Waals surface area contributed by atoms with Crippen molar-refractivity contribution in [3.05, 3.63) is 76.6 Å². The van der Waals surface area contributed by atoms with Gasteiger partial charge in [0, 0.05) is 31.2 Å². The number of hydrogen-bond acceptors (Lipinski definition) is 7. The zero-order chi connectivity index (χ0) is 18.5. The van der Waals surface area contributed by atoms with E-state index in [4.69, 9.17) is 4.52 Å². The third-order valence-electron chi connectivity index (χ3n) is 4.19. The lowest BCUT2D eigenvalue weighted by Gasteiger charge is -2.16. The first-order chi connectivity index (χ1) is 13.3. The summed E-state index contributed by atoms with van der Waals surface area (Å²) in [6, 6.07) is 14.2. The van der Waals surface area contributed by atoms with Crippen molar-refractivity contribution in [1.29, 1.82) is 0 Å². The molecule has 7 heteroatoms. The molecular weight excluding hydrogens is 358 g/mol. The quantitative estimate of drug-likeness (QED) is 0.485. The van der Waals surface area contributed by atoms with E-state index in [1.165, 1.54) is 5.56 Å². The van der Waals surface area contributed by atoms with Gasteiger partial charge in [0.05, 0.1) is 12.1 Å². The summed E-state index contributed by atoms with van der Waals surface area (Å²) < 4.78 is 5.40. The van der Waals surface area contributed by atoms with Gasteiger partial charge in [-0.2, -0.15) is 4.98 Å². The summed E-state index contributed by atoms with van der Waals surface area (Å²) in [6.45, 7) is 0.730. The summed E-state index contributed by atoms with van der Waals surface area (Å²) in [5.41, 5.74) is 2.08. The van der Waals surface area contributed by atoms with Crippen LogP contribution in [0.3, 0.4) is 0 Å². The molecule has 0 aliphatic rings. The average molecular weight is 377 g/mol. The van der Waals surface area contributed by atoms with E-state index in [9.17, 15) is 0 Å². The van der Waals surface area contributed by atoms with Gasteiger partial charge in [0.15, 0.2) is 5.82 Å². The first-order valence-electron chi connectivity index (χ1n) is 8.70. The Hall–Kier alpha value is -3.06. The third-order valence-corrected chi connectivity index (χ3v) is 4.95. The van der Waals surface area contributed by atoms with Crippen LogP contribution in [0.1, 0.15) is 16.4 Å². The van der Waals surface area contributed by atoms with E-state index in [0.29, 0.717) is 11.7 Å². The molecule has 0 saturated heterocycles. The fraction of sp³-hybridized carbons (Fsp3) is 0.200. The lowest BCUT2D eigenvalue weighted by molar-refractivity contribution is 0.422. The molecule has 0 atom stereocenters. The van der Waals surface area contributed by atoms with Crippen LogP contribution >= 0.6 is 11.3 Å². The second kappa shape index (κ2) is 8.09. The van der Waals surface area contributed by atoms with E-state index in [-0.39, 0.29) is 0 Å². The molecule has 3 aromatic heterocycles. The summed E-state index contributed by atoms with van der Waals surface area (Å²) in [7, 11) is 2.00. The number of aryl methyl sites for hydroxylation is 2. The predicted molar refractivity (Wildman–Crippen MR) is 106 cm³/mol. The molecule has 0 saturated carbocycles. The van der Waals surface area contributed by atoms with Crippen molar-refractivity contribution in [2.24, 2.45) is 0 Å². The minimum atomic E-state index is 0.500.